The Labute approximate surface area is 142 Å². The Kier molecular flexibility index (Phi) is 3.56. The number of aryl methyl sites for hydroxylation is 1. The summed E-state index contributed by atoms with van der Waals surface area (Å²) in [5.41, 5.74) is 1.09. The van der Waals surface area contributed by atoms with E-state index in [-0.39, 0.29) is 11.6 Å². The Balaban J connectivity index is 1.56. The predicted octanol–water partition coefficient (Wildman–Crippen LogP) is 0.116. The molecule has 130 valence electrons. The monoisotopic (exact) mass is 341 g/mol. The van der Waals surface area contributed by atoms with Crippen LogP contribution in [-0.4, -0.2) is 43.3 Å². The van der Waals surface area contributed by atoms with Crippen molar-refractivity contribution >= 4 is 17.2 Å². The summed E-state index contributed by atoms with van der Waals surface area (Å²) in [6.07, 6.45) is 4.51. The van der Waals surface area contributed by atoms with E-state index in [4.69, 9.17) is 0 Å². The van der Waals surface area contributed by atoms with Crippen molar-refractivity contribution in [3.8, 4) is 0 Å². The normalized spacial score (nSPS) is 17.4. The average Bonchev–Trinajstić information content (AvgIpc) is 3.21. The molecule has 1 aliphatic heterocycles. The quantitative estimate of drug-likeness (QED) is 0.702. The third-order valence-electron chi connectivity index (χ3n) is 4.51. The van der Waals surface area contributed by atoms with E-state index in [2.05, 4.69) is 20.4 Å². The first-order valence-corrected chi connectivity index (χ1v) is 8.14. The van der Waals surface area contributed by atoms with Crippen molar-refractivity contribution < 1.29 is 0 Å². The minimum atomic E-state index is -0.403. The lowest BCUT2D eigenvalue weighted by atomic mass is 10.2. The van der Waals surface area contributed by atoms with Crippen LogP contribution in [0.3, 0.4) is 0 Å². The molecule has 0 amide bonds. The Morgan fingerprint density at radius 3 is 3.00 bits per heavy atom. The van der Waals surface area contributed by atoms with Crippen molar-refractivity contribution in [2.24, 2.45) is 7.05 Å². The molecule has 3 aromatic heterocycles. The maximum Gasteiger partial charge on any atom is 0.329 e. The smallest absolute Gasteiger partial charge is 0.329 e. The topological polar surface area (TPSA) is 100 Å². The van der Waals surface area contributed by atoms with E-state index < -0.39 is 5.69 Å². The molecule has 1 saturated heterocycles. The average molecular weight is 341 g/mol. The number of aromatic nitrogens is 5. The Morgan fingerprint density at radius 1 is 1.36 bits per heavy atom. The lowest BCUT2D eigenvalue weighted by Gasteiger charge is -2.19. The maximum atomic E-state index is 11.8. The van der Waals surface area contributed by atoms with Crippen LogP contribution in [0, 0.1) is 6.92 Å². The van der Waals surface area contributed by atoms with Gasteiger partial charge in [-0.2, -0.15) is 5.10 Å². The van der Waals surface area contributed by atoms with Crippen LogP contribution < -0.4 is 21.5 Å². The van der Waals surface area contributed by atoms with Gasteiger partial charge in [-0.25, -0.2) is 14.3 Å². The van der Waals surface area contributed by atoms with Crippen molar-refractivity contribution in [1.82, 2.24) is 24.1 Å². The molecule has 0 aromatic carbocycles. The van der Waals surface area contributed by atoms with Gasteiger partial charge in [-0.3, -0.25) is 14.3 Å². The number of anilines is 2. The first kappa shape index (κ1) is 15.4. The zero-order valence-corrected chi connectivity index (χ0v) is 14.1. The second-order valence-corrected chi connectivity index (χ2v) is 6.32. The van der Waals surface area contributed by atoms with Crippen LogP contribution in [0.4, 0.5) is 11.6 Å². The molecule has 1 atom stereocenters. The van der Waals surface area contributed by atoms with Crippen LogP contribution in [0.15, 0.2) is 34.1 Å². The number of rotatable bonds is 3. The first-order valence-electron chi connectivity index (χ1n) is 8.14. The van der Waals surface area contributed by atoms with Gasteiger partial charge in [0.15, 0.2) is 5.82 Å². The molecule has 0 unspecified atom stereocenters. The zero-order chi connectivity index (χ0) is 17.6. The second kappa shape index (κ2) is 5.76. The Morgan fingerprint density at radius 2 is 2.20 bits per heavy atom. The fourth-order valence-electron chi connectivity index (χ4n) is 3.15. The first-order chi connectivity index (χ1) is 12.0. The zero-order valence-electron chi connectivity index (χ0n) is 14.1. The molecule has 0 radical (unpaired) electrons. The van der Waals surface area contributed by atoms with E-state index >= 15 is 0 Å². The molecule has 9 nitrogen and oxygen atoms in total. The molecule has 2 N–H and O–H groups in total. The third-order valence-corrected chi connectivity index (χ3v) is 4.51. The van der Waals surface area contributed by atoms with Crippen LogP contribution in [0.1, 0.15) is 12.1 Å². The number of hydrogen-bond acceptors (Lipinski definition) is 6. The predicted molar refractivity (Wildman–Crippen MR) is 94.3 cm³/mol. The number of nitrogens with one attached hydrogen (secondary N) is 2. The number of nitrogens with zero attached hydrogens (tertiary/aromatic N) is 5. The number of hydrogen-bond donors (Lipinski definition) is 2. The standard InChI is InChI=1S/C16H19N7O2/c1-10-8-23-12(3-5-17-23)15(18-10)19-11-4-6-22(9-11)13-7-14(24)21(2)16(25)20-13/h3,5,7-8,11H,4,6,9H2,1-2H3,(H,18,19)(H,20,25)/t11-/m1/s1. The Bertz CT molecular complexity index is 1020. The fourth-order valence-corrected chi connectivity index (χ4v) is 3.15. The van der Waals surface area contributed by atoms with Crippen molar-refractivity contribution in [3.05, 3.63) is 51.1 Å². The van der Waals surface area contributed by atoms with Crippen LogP contribution in [-0.2, 0) is 7.05 Å². The molecule has 0 bridgehead atoms. The van der Waals surface area contributed by atoms with E-state index in [0.717, 1.165) is 34.6 Å². The number of H-pyrrole nitrogens is 1. The van der Waals surface area contributed by atoms with Gasteiger partial charge in [0.1, 0.15) is 11.3 Å². The molecular weight excluding hydrogens is 322 g/mol. The minimum Gasteiger partial charge on any atom is -0.364 e. The molecule has 0 spiro atoms. The van der Waals surface area contributed by atoms with E-state index in [1.54, 1.807) is 10.7 Å². The molecule has 1 fully saturated rings. The van der Waals surface area contributed by atoms with Crippen LogP contribution in [0.2, 0.25) is 0 Å². The summed E-state index contributed by atoms with van der Waals surface area (Å²) in [7, 11) is 1.46. The van der Waals surface area contributed by atoms with E-state index in [0.29, 0.717) is 12.4 Å². The highest BCUT2D eigenvalue weighted by atomic mass is 16.2. The highest BCUT2D eigenvalue weighted by Gasteiger charge is 2.24. The minimum absolute atomic E-state index is 0.167. The highest BCUT2D eigenvalue weighted by Crippen LogP contribution is 2.21. The van der Waals surface area contributed by atoms with Crippen LogP contribution >= 0.6 is 0 Å². The summed E-state index contributed by atoms with van der Waals surface area (Å²) in [6.45, 7) is 3.36. The summed E-state index contributed by atoms with van der Waals surface area (Å²) in [5, 5.41) is 7.72. The second-order valence-electron chi connectivity index (χ2n) is 6.32. The van der Waals surface area contributed by atoms with Crippen molar-refractivity contribution in [3.63, 3.8) is 0 Å². The van der Waals surface area contributed by atoms with Crippen molar-refractivity contribution in [2.45, 2.75) is 19.4 Å². The molecule has 3 aromatic rings. The molecule has 0 aliphatic carbocycles. The van der Waals surface area contributed by atoms with Gasteiger partial charge in [0, 0.05) is 32.2 Å². The number of aromatic amines is 1. The summed E-state index contributed by atoms with van der Waals surface area (Å²) in [5.74, 6) is 1.35. The summed E-state index contributed by atoms with van der Waals surface area (Å²) >= 11 is 0. The van der Waals surface area contributed by atoms with E-state index in [9.17, 15) is 9.59 Å². The molecule has 0 saturated carbocycles. The lowest BCUT2D eigenvalue weighted by molar-refractivity contribution is 0.760. The van der Waals surface area contributed by atoms with E-state index in [1.807, 2.05) is 24.1 Å². The molecule has 4 rings (SSSR count). The molecular formula is C16H19N7O2. The van der Waals surface area contributed by atoms with Gasteiger partial charge in [0.2, 0.25) is 0 Å². The summed E-state index contributed by atoms with van der Waals surface area (Å²) in [6, 6.07) is 3.55. The summed E-state index contributed by atoms with van der Waals surface area (Å²) in [4.78, 5) is 32.9. The van der Waals surface area contributed by atoms with Crippen molar-refractivity contribution in [1.29, 1.82) is 0 Å². The van der Waals surface area contributed by atoms with Gasteiger partial charge in [0.05, 0.1) is 18.1 Å². The van der Waals surface area contributed by atoms with Gasteiger partial charge in [-0.1, -0.05) is 0 Å². The molecule has 25 heavy (non-hydrogen) atoms. The van der Waals surface area contributed by atoms with Gasteiger partial charge >= 0.3 is 5.69 Å². The highest BCUT2D eigenvalue weighted by molar-refractivity contribution is 5.67. The van der Waals surface area contributed by atoms with Crippen LogP contribution in [0.25, 0.3) is 5.52 Å². The van der Waals surface area contributed by atoms with Crippen LogP contribution in [0.5, 0.6) is 0 Å². The van der Waals surface area contributed by atoms with Crippen molar-refractivity contribution in [2.75, 3.05) is 23.3 Å². The summed E-state index contributed by atoms with van der Waals surface area (Å²) < 4.78 is 2.86. The SMILES string of the molecule is Cc1cn2nccc2c(N[C@@H]2CCN(c3cc(=O)n(C)c(=O)[nH]3)C2)n1. The van der Waals surface area contributed by atoms with Gasteiger partial charge in [-0.05, 0) is 19.4 Å². The maximum absolute atomic E-state index is 11.8. The Hall–Kier alpha value is -3.10. The lowest BCUT2D eigenvalue weighted by Crippen LogP contribution is -2.35. The fraction of sp³-hybridized carbons (Fsp3) is 0.375. The van der Waals surface area contributed by atoms with E-state index in [1.165, 1.54) is 13.1 Å². The third kappa shape index (κ3) is 2.77. The molecule has 1 aliphatic rings. The van der Waals surface area contributed by atoms with Gasteiger partial charge in [-0.15, -0.1) is 0 Å². The van der Waals surface area contributed by atoms with Gasteiger partial charge < -0.3 is 10.2 Å². The largest absolute Gasteiger partial charge is 0.364 e. The number of fused-ring (bicyclic) bond motifs is 1. The molecule has 4 heterocycles. The van der Waals surface area contributed by atoms with Gasteiger partial charge in [0.25, 0.3) is 5.56 Å². The molecule has 9 heteroatoms.